The lowest BCUT2D eigenvalue weighted by molar-refractivity contribution is -0.150. The van der Waals surface area contributed by atoms with E-state index in [0.29, 0.717) is 73.3 Å². The number of carbonyl (C=O) groups excluding carboxylic acids is 5. The molecule has 12 nitrogen and oxygen atoms in total. The highest BCUT2D eigenvalue weighted by molar-refractivity contribution is 5.88. The molecular weight excluding hydrogens is 793 g/mol. The average Bonchev–Trinajstić information content (AvgIpc) is 3.29. The second kappa shape index (κ2) is 27.5. The summed E-state index contributed by atoms with van der Waals surface area (Å²) >= 11 is 0. The summed E-state index contributed by atoms with van der Waals surface area (Å²) in [6, 6.07) is 12.3. The summed E-state index contributed by atoms with van der Waals surface area (Å²) in [5.41, 5.74) is 1.29. The van der Waals surface area contributed by atoms with Crippen LogP contribution >= 0.6 is 0 Å². The van der Waals surface area contributed by atoms with E-state index in [2.05, 4.69) is 19.7 Å². The smallest absolute Gasteiger partial charge is 0.338 e. The van der Waals surface area contributed by atoms with Gasteiger partial charge in [0.25, 0.3) is 0 Å². The van der Waals surface area contributed by atoms with E-state index in [4.69, 9.17) is 33.2 Å². The highest BCUT2D eigenvalue weighted by Crippen LogP contribution is 2.42. The Morgan fingerprint density at radius 3 is 1.52 bits per heavy atom. The number of esters is 5. The Hall–Kier alpha value is -5.39. The summed E-state index contributed by atoms with van der Waals surface area (Å²) in [7, 11) is 0. The van der Waals surface area contributed by atoms with Gasteiger partial charge < -0.3 is 33.2 Å². The Labute approximate surface area is 367 Å². The van der Waals surface area contributed by atoms with Crippen LogP contribution in [0.3, 0.4) is 0 Å². The van der Waals surface area contributed by atoms with Crippen molar-refractivity contribution in [1.82, 2.24) is 0 Å². The lowest BCUT2D eigenvalue weighted by Gasteiger charge is -2.36. The number of rotatable bonds is 27. The van der Waals surface area contributed by atoms with E-state index in [-0.39, 0.29) is 30.4 Å². The second-order valence-corrected chi connectivity index (χ2v) is 16.3. The largest absolute Gasteiger partial charge is 0.490 e. The summed E-state index contributed by atoms with van der Waals surface area (Å²) in [4.78, 5) is 60.3. The SMILES string of the molecule is C=CC(=O)OCCCCCCOc1ccc(CCOC(=O)C2CCC(C3CCC(C(=O)Oc4ccc(OC(=O)C(=C)C)cc4)CC3)CC2)cc1OCCCCCCOC(=O)C=C. The molecule has 12 heteroatoms. The summed E-state index contributed by atoms with van der Waals surface area (Å²) < 4.78 is 39.1. The van der Waals surface area contributed by atoms with Crippen LogP contribution in [0.5, 0.6) is 23.0 Å². The van der Waals surface area contributed by atoms with Crippen molar-refractivity contribution >= 4 is 29.8 Å². The lowest BCUT2D eigenvalue weighted by Crippen LogP contribution is -2.31. The highest BCUT2D eigenvalue weighted by atomic mass is 16.6. The number of carbonyl (C=O) groups is 5. The van der Waals surface area contributed by atoms with Gasteiger partial charge in [0.2, 0.25) is 0 Å². The number of hydrogen-bond acceptors (Lipinski definition) is 12. The quantitative estimate of drug-likeness (QED) is 0.0277. The Morgan fingerprint density at radius 2 is 1.02 bits per heavy atom. The first kappa shape index (κ1) is 49.3. The van der Waals surface area contributed by atoms with Gasteiger partial charge >= 0.3 is 29.8 Å². The molecule has 0 radical (unpaired) electrons. The van der Waals surface area contributed by atoms with Crippen molar-refractivity contribution in [1.29, 1.82) is 0 Å². The van der Waals surface area contributed by atoms with E-state index < -0.39 is 17.9 Å². The van der Waals surface area contributed by atoms with Crippen molar-refractivity contribution in [2.45, 2.75) is 116 Å². The number of hydrogen-bond donors (Lipinski definition) is 0. The molecule has 0 atom stereocenters. The molecule has 0 aliphatic heterocycles. The van der Waals surface area contributed by atoms with E-state index >= 15 is 0 Å². The maximum atomic E-state index is 13.1. The standard InChI is InChI=1S/C50H66O12/c1-5-46(51)58-32-13-9-7-11-30-56-44-28-15-37(35-45(44)57-31-12-8-10-14-33-59-47(52)6-2)29-34-60-49(54)40-20-16-38(17-21-40)39-18-22-41(23-19-39)50(55)62-43-26-24-42(25-27-43)61-48(53)36(3)4/h5-6,15,24-28,35,38-41H,1-3,7-14,16-23,29-34H2,4H3. The van der Waals surface area contributed by atoms with Gasteiger partial charge in [-0.2, -0.15) is 0 Å². The molecule has 0 unspecified atom stereocenters. The van der Waals surface area contributed by atoms with E-state index in [1.54, 1.807) is 31.2 Å². The average molecular weight is 859 g/mol. The molecule has 0 saturated heterocycles. The monoisotopic (exact) mass is 858 g/mol. The molecule has 0 bridgehead atoms. The van der Waals surface area contributed by atoms with Crippen molar-refractivity contribution in [2.75, 3.05) is 33.0 Å². The molecule has 2 fully saturated rings. The van der Waals surface area contributed by atoms with Crippen LogP contribution in [0.25, 0.3) is 0 Å². The Balaban J connectivity index is 1.15. The number of ether oxygens (including phenoxy) is 7. The van der Waals surface area contributed by atoms with Crippen LogP contribution < -0.4 is 18.9 Å². The molecule has 2 saturated carbocycles. The van der Waals surface area contributed by atoms with Gasteiger partial charge in [-0.25, -0.2) is 14.4 Å². The van der Waals surface area contributed by atoms with Gasteiger partial charge in [-0.05, 0) is 163 Å². The minimum atomic E-state index is -0.506. The van der Waals surface area contributed by atoms with Crippen LogP contribution in [-0.4, -0.2) is 62.9 Å². The Kier molecular flexibility index (Phi) is 21.9. The van der Waals surface area contributed by atoms with Gasteiger partial charge in [0.15, 0.2) is 11.5 Å². The summed E-state index contributed by atoms with van der Waals surface area (Å²) in [5.74, 6) is 1.26. The zero-order valence-corrected chi connectivity index (χ0v) is 36.6. The summed E-state index contributed by atoms with van der Waals surface area (Å²) in [5, 5.41) is 0. The summed E-state index contributed by atoms with van der Waals surface area (Å²) in [6.45, 7) is 14.0. The fourth-order valence-electron chi connectivity index (χ4n) is 7.89. The third-order valence-corrected chi connectivity index (χ3v) is 11.5. The number of benzene rings is 2. The molecule has 4 rings (SSSR count). The van der Waals surface area contributed by atoms with Gasteiger partial charge in [-0.15, -0.1) is 0 Å². The fraction of sp³-hybridized carbons (Fsp3) is 0.540. The van der Waals surface area contributed by atoms with Crippen molar-refractivity contribution in [3.05, 3.63) is 85.5 Å². The fourth-order valence-corrected chi connectivity index (χ4v) is 7.89. The highest BCUT2D eigenvalue weighted by Gasteiger charge is 2.35. The third kappa shape index (κ3) is 17.9. The molecule has 2 aromatic rings. The maximum Gasteiger partial charge on any atom is 0.338 e. The van der Waals surface area contributed by atoms with Crippen molar-refractivity contribution in [2.24, 2.45) is 23.7 Å². The van der Waals surface area contributed by atoms with Crippen LogP contribution in [0.2, 0.25) is 0 Å². The molecule has 2 aromatic carbocycles. The van der Waals surface area contributed by atoms with E-state index in [0.717, 1.165) is 108 Å². The second-order valence-electron chi connectivity index (χ2n) is 16.3. The first-order valence-electron chi connectivity index (χ1n) is 22.4. The molecule has 338 valence electrons. The minimum absolute atomic E-state index is 0.0980. The molecular formula is C50H66O12. The topological polar surface area (TPSA) is 150 Å². The van der Waals surface area contributed by atoms with Crippen molar-refractivity contribution in [3.63, 3.8) is 0 Å². The number of unbranched alkanes of at least 4 members (excludes halogenated alkanes) is 6. The zero-order valence-electron chi connectivity index (χ0n) is 36.6. The van der Waals surface area contributed by atoms with Crippen LogP contribution in [0.15, 0.2) is 79.9 Å². The zero-order chi connectivity index (χ0) is 44.5. The summed E-state index contributed by atoms with van der Waals surface area (Å²) in [6.07, 6.45) is 16.9. The van der Waals surface area contributed by atoms with Crippen molar-refractivity contribution in [3.8, 4) is 23.0 Å². The molecule has 62 heavy (non-hydrogen) atoms. The van der Waals surface area contributed by atoms with E-state index in [1.165, 1.54) is 12.2 Å². The first-order chi connectivity index (χ1) is 30.1. The first-order valence-corrected chi connectivity index (χ1v) is 22.4. The van der Waals surface area contributed by atoms with Crippen LogP contribution in [-0.2, 0) is 44.6 Å². The van der Waals surface area contributed by atoms with Gasteiger partial charge in [-0.3, -0.25) is 9.59 Å². The molecule has 0 aromatic heterocycles. The molecule has 0 spiro atoms. The van der Waals surface area contributed by atoms with E-state index in [9.17, 15) is 24.0 Å². The molecule has 2 aliphatic carbocycles. The van der Waals surface area contributed by atoms with Gasteiger partial charge in [0.05, 0.1) is 44.9 Å². The molecule has 0 heterocycles. The van der Waals surface area contributed by atoms with Crippen LogP contribution in [0.4, 0.5) is 0 Å². The van der Waals surface area contributed by atoms with Gasteiger partial charge in [-0.1, -0.05) is 25.8 Å². The van der Waals surface area contributed by atoms with Crippen LogP contribution in [0.1, 0.15) is 115 Å². The Morgan fingerprint density at radius 1 is 0.548 bits per heavy atom. The van der Waals surface area contributed by atoms with Gasteiger partial charge in [0, 0.05) is 24.1 Å². The predicted octanol–water partition coefficient (Wildman–Crippen LogP) is 9.81. The predicted molar refractivity (Wildman–Crippen MR) is 235 cm³/mol. The third-order valence-electron chi connectivity index (χ3n) is 11.5. The molecule has 0 N–H and O–H groups in total. The van der Waals surface area contributed by atoms with Crippen molar-refractivity contribution < 1.29 is 57.1 Å². The minimum Gasteiger partial charge on any atom is -0.490 e. The molecule has 0 amide bonds. The van der Waals surface area contributed by atoms with E-state index in [1.807, 2.05) is 18.2 Å². The van der Waals surface area contributed by atoms with Crippen LogP contribution in [0, 0.1) is 23.7 Å². The Bertz CT molecular complexity index is 1770. The molecule has 2 aliphatic rings. The normalized spacial score (nSPS) is 18.3. The van der Waals surface area contributed by atoms with Gasteiger partial charge in [0.1, 0.15) is 11.5 Å². The maximum absolute atomic E-state index is 13.1. The lowest BCUT2D eigenvalue weighted by atomic mass is 9.69.